The standard InChI is InChI=1S/C65H108O9/c1-3-5-7-9-11-13-15-17-19-21-23-25-27-29-31-33-35-37-39-41-43-45-47-49-51-53-55-71-57-59(58-72-65-64(70)63(69)62(68)60(56-66)74-65)73-61(67)54-52-50-48-46-44-42-40-38-36-34-32-30-28-26-24-22-20-18-16-14-12-10-8-6-4-2/h5-8,11-14,17-20,23-26,29-32,59-60,62-66,68-70H,3-4,9-10,15-16,21-22,27-28,33-58H2,1-2H3/b7-5-,8-6-,13-11-,14-12-,19-17-,20-18-,25-23-,26-24-,31-29-,32-30-. The van der Waals surface area contributed by atoms with Crippen molar-refractivity contribution >= 4 is 5.97 Å². The zero-order chi connectivity index (χ0) is 53.5. The van der Waals surface area contributed by atoms with Crippen LogP contribution in [-0.4, -0.2) is 89.6 Å². The Balaban J connectivity index is 2.17. The molecule has 74 heavy (non-hydrogen) atoms. The van der Waals surface area contributed by atoms with E-state index in [9.17, 15) is 25.2 Å². The molecule has 0 saturated carbocycles. The van der Waals surface area contributed by atoms with E-state index in [1.54, 1.807) is 0 Å². The summed E-state index contributed by atoms with van der Waals surface area (Å²) in [6.07, 6.45) is 72.4. The third-order valence-corrected chi connectivity index (χ3v) is 12.9. The first-order valence-corrected chi connectivity index (χ1v) is 29.6. The van der Waals surface area contributed by atoms with E-state index >= 15 is 0 Å². The van der Waals surface area contributed by atoms with Crippen LogP contribution in [0.3, 0.4) is 0 Å². The van der Waals surface area contributed by atoms with E-state index in [0.29, 0.717) is 13.0 Å². The number of unbranched alkanes of at least 4 members (excludes halogenated alkanes) is 19. The minimum Gasteiger partial charge on any atom is -0.457 e. The van der Waals surface area contributed by atoms with Crippen LogP contribution in [0.2, 0.25) is 0 Å². The molecule has 1 heterocycles. The molecule has 1 rings (SSSR count). The second-order valence-electron chi connectivity index (χ2n) is 19.7. The summed E-state index contributed by atoms with van der Waals surface area (Å²) in [5.41, 5.74) is 0. The fourth-order valence-electron chi connectivity index (χ4n) is 8.37. The molecule has 9 heteroatoms. The first kappa shape index (κ1) is 68.6. The maximum Gasteiger partial charge on any atom is 0.306 e. The van der Waals surface area contributed by atoms with Crippen molar-refractivity contribution in [2.45, 2.75) is 256 Å². The Kier molecular flexibility index (Phi) is 50.4. The average Bonchev–Trinajstić information content (AvgIpc) is 3.40. The third kappa shape index (κ3) is 43.8. The number of ether oxygens (including phenoxy) is 4. The van der Waals surface area contributed by atoms with Gasteiger partial charge in [-0.25, -0.2) is 0 Å². The van der Waals surface area contributed by atoms with Gasteiger partial charge in [-0.1, -0.05) is 232 Å². The van der Waals surface area contributed by atoms with Crippen molar-refractivity contribution in [1.82, 2.24) is 0 Å². The molecule has 0 aliphatic carbocycles. The number of allylic oxidation sites excluding steroid dienone is 20. The van der Waals surface area contributed by atoms with E-state index in [4.69, 9.17) is 18.9 Å². The van der Waals surface area contributed by atoms with Gasteiger partial charge in [0.15, 0.2) is 6.29 Å². The molecule has 0 aromatic heterocycles. The third-order valence-electron chi connectivity index (χ3n) is 12.9. The Morgan fingerprint density at radius 3 is 1.18 bits per heavy atom. The van der Waals surface area contributed by atoms with E-state index < -0.39 is 43.4 Å². The molecular weight excluding hydrogens is 925 g/mol. The average molecular weight is 1030 g/mol. The lowest BCUT2D eigenvalue weighted by atomic mass is 9.99. The number of esters is 1. The molecule has 4 N–H and O–H groups in total. The normalized spacial score (nSPS) is 19.5. The summed E-state index contributed by atoms with van der Waals surface area (Å²) >= 11 is 0. The molecule has 0 radical (unpaired) electrons. The number of hydrogen-bond acceptors (Lipinski definition) is 9. The molecule has 422 valence electrons. The smallest absolute Gasteiger partial charge is 0.306 e. The van der Waals surface area contributed by atoms with Crippen molar-refractivity contribution < 1.29 is 44.2 Å². The van der Waals surface area contributed by atoms with Gasteiger partial charge in [-0.05, 0) is 103 Å². The van der Waals surface area contributed by atoms with Crippen LogP contribution >= 0.6 is 0 Å². The summed E-state index contributed by atoms with van der Waals surface area (Å²) in [7, 11) is 0. The summed E-state index contributed by atoms with van der Waals surface area (Å²) in [5, 5.41) is 40.4. The Labute approximate surface area is 452 Å². The second-order valence-corrected chi connectivity index (χ2v) is 19.7. The van der Waals surface area contributed by atoms with E-state index in [0.717, 1.165) is 103 Å². The molecule has 0 bridgehead atoms. The van der Waals surface area contributed by atoms with Crippen molar-refractivity contribution in [1.29, 1.82) is 0 Å². The van der Waals surface area contributed by atoms with Gasteiger partial charge in [-0.15, -0.1) is 0 Å². The predicted molar refractivity (Wildman–Crippen MR) is 311 cm³/mol. The van der Waals surface area contributed by atoms with Crippen LogP contribution in [0, 0.1) is 0 Å². The maximum absolute atomic E-state index is 12.9. The van der Waals surface area contributed by atoms with Crippen molar-refractivity contribution in [2.24, 2.45) is 0 Å². The molecule has 0 amide bonds. The van der Waals surface area contributed by atoms with Gasteiger partial charge in [0.25, 0.3) is 0 Å². The number of carbonyl (C=O) groups is 1. The minimum atomic E-state index is -1.55. The SMILES string of the molecule is CC/C=C\C/C=C\C/C=C\C/C=C\C/C=C\CCCCCCCCCCCCOCC(COC1OC(CO)C(O)C(O)C1O)OC(=O)CCCCCCCCCCC/C=C\C/C=C\C/C=C\C/C=C\C/C=C\CC. The molecule has 9 nitrogen and oxygen atoms in total. The molecule has 6 unspecified atom stereocenters. The van der Waals surface area contributed by atoms with Gasteiger partial charge in [0, 0.05) is 13.0 Å². The van der Waals surface area contributed by atoms with E-state index in [2.05, 4.69) is 135 Å². The van der Waals surface area contributed by atoms with Crippen molar-refractivity contribution in [3.05, 3.63) is 122 Å². The van der Waals surface area contributed by atoms with Crippen LogP contribution in [-0.2, 0) is 23.7 Å². The summed E-state index contributed by atoms with van der Waals surface area (Å²) in [6, 6.07) is 0. The first-order chi connectivity index (χ1) is 36.4. The Morgan fingerprint density at radius 1 is 0.432 bits per heavy atom. The van der Waals surface area contributed by atoms with Crippen molar-refractivity contribution in [3.8, 4) is 0 Å². The zero-order valence-corrected chi connectivity index (χ0v) is 46.8. The molecule has 0 aromatic carbocycles. The van der Waals surface area contributed by atoms with Crippen LogP contribution < -0.4 is 0 Å². The van der Waals surface area contributed by atoms with Gasteiger partial charge < -0.3 is 39.4 Å². The van der Waals surface area contributed by atoms with Gasteiger partial charge in [-0.3, -0.25) is 4.79 Å². The Hall–Kier alpha value is -3.41. The van der Waals surface area contributed by atoms with Crippen LogP contribution in [0.4, 0.5) is 0 Å². The number of carbonyl (C=O) groups excluding carboxylic acids is 1. The summed E-state index contributed by atoms with van der Waals surface area (Å²) in [5.74, 6) is -0.325. The predicted octanol–water partition coefficient (Wildman–Crippen LogP) is 15.8. The fraction of sp³-hybridized carbons (Fsp3) is 0.677. The van der Waals surface area contributed by atoms with Crippen LogP contribution in [0.25, 0.3) is 0 Å². The van der Waals surface area contributed by atoms with Gasteiger partial charge in [0.05, 0.1) is 19.8 Å². The molecule has 1 aliphatic rings. The minimum absolute atomic E-state index is 0.125. The lowest BCUT2D eigenvalue weighted by molar-refractivity contribution is -0.305. The maximum atomic E-state index is 12.9. The quantitative estimate of drug-likeness (QED) is 0.0267. The summed E-state index contributed by atoms with van der Waals surface area (Å²) in [6.45, 7) is 4.31. The lowest BCUT2D eigenvalue weighted by Crippen LogP contribution is -2.59. The summed E-state index contributed by atoms with van der Waals surface area (Å²) < 4.78 is 23.0. The highest BCUT2D eigenvalue weighted by Crippen LogP contribution is 2.23. The van der Waals surface area contributed by atoms with E-state index in [-0.39, 0.29) is 19.2 Å². The molecule has 0 spiro atoms. The highest BCUT2D eigenvalue weighted by molar-refractivity contribution is 5.69. The molecule has 6 atom stereocenters. The van der Waals surface area contributed by atoms with Gasteiger partial charge in [-0.2, -0.15) is 0 Å². The number of aliphatic hydroxyl groups excluding tert-OH is 4. The highest BCUT2D eigenvalue weighted by Gasteiger charge is 2.44. The number of aliphatic hydroxyl groups is 4. The first-order valence-electron chi connectivity index (χ1n) is 29.6. The molecule has 1 saturated heterocycles. The Bertz CT molecular complexity index is 1550. The zero-order valence-electron chi connectivity index (χ0n) is 46.8. The molecule has 0 aromatic rings. The van der Waals surface area contributed by atoms with E-state index in [1.165, 1.54) is 96.3 Å². The lowest BCUT2D eigenvalue weighted by Gasteiger charge is -2.39. The summed E-state index contributed by atoms with van der Waals surface area (Å²) in [4.78, 5) is 12.9. The number of hydrogen-bond donors (Lipinski definition) is 4. The van der Waals surface area contributed by atoms with Crippen molar-refractivity contribution in [3.63, 3.8) is 0 Å². The Morgan fingerprint density at radius 2 is 0.784 bits per heavy atom. The van der Waals surface area contributed by atoms with Gasteiger partial charge in [0.2, 0.25) is 0 Å². The van der Waals surface area contributed by atoms with Crippen LogP contribution in [0.15, 0.2) is 122 Å². The topological polar surface area (TPSA) is 135 Å². The largest absolute Gasteiger partial charge is 0.457 e. The van der Waals surface area contributed by atoms with Crippen LogP contribution in [0.5, 0.6) is 0 Å². The molecule has 1 aliphatic heterocycles. The number of rotatable bonds is 50. The van der Waals surface area contributed by atoms with Gasteiger partial charge >= 0.3 is 5.97 Å². The van der Waals surface area contributed by atoms with Crippen LogP contribution in [0.1, 0.15) is 219 Å². The van der Waals surface area contributed by atoms with E-state index in [1.807, 2.05) is 0 Å². The second kappa shape index (κ2) is 54.4. The monoisotopic (exact) mass is 1030 g/mol. The molecular formula is C65H108O9. The van der Waals surface area contributed by atoms with Gasteiger partial charge in [0.1, 0.15) is 30.5 Å². The van der Waals surface area contributed by atoms with Crippen molar-refractivity contribution in [2.75, 3.05) is 26.4 Å². The highest BCUT2D eigenvalue weighted by atomic mass is 16.7. The molecule has 1 fully saturated rings. The fourth-order valence-corrected chi connectivity index (χ4v) is 8.37.